The van der Waals surface area contributed by atoms with Crippen LogP contribution in [0.4, 0.5) is 11.4 Å². The van der Waals surface area contributed by atoms with Crippen molar-refractivity contribution in [1.82, 2.24) is 0 Å². The van der Waals surface area contributed by atoms with Crippen molar-refractivity contribution in [1.29, 1.82) is 0 Å². The summed E-state index contributed by atoms with van der Waals surface area (Å²) in [6, 6.07) is 12.9. The number of amides is 1. The van der Waals surface area contributed by atoms with Gasteiger partial charge in [0.05, 0.1) is 24.4 Å². The summed E-state index contributed by atoms with van der Waals surface area (Å²) in [6.07, 6.45) is 0.267. The van der Waals surface area contributed by atoms with Crippen LogP contribution in [0.5, 0.6) is 5.75 Å². The number of benzene rings is 2. The van der Waals surface area contributed by atoms with Crippen LogP contribution in [0.15, 0.2) is 46.9 Å². The predicted octanol–water partition coefficient (Wildman–Crippen LogP) is 3.75. The lowest BCUT2D eigenvalue weighted by atomic mass is 10.2. The van der Waals surface area contributed by atoms with Gasteiger partial charge in [-0.25, -0.2) is 0 Å². The van der Waals surface area contributed by atoms with Crippen molar-refractivity contribution < 1.29 is 9.53 Å². The monoisotopic (exact) mass is 348 g/mol. The molecule has 0 heterocycles. The van der Waals surface area contributed by atoms with Gasteiger partial charge in [-0.15, -0.1) is 0 Å². The number of carbonyl (C=O) groups excluding carboxylic acids is 1. The fourth-order valence-corrected chi connectivity index (χ4v) is 2.04. The quantitative estimate of drug-likeness (QED) is 0.808. The highest BCUT2D eigenvalue weighted by molar-refractivity contribution is 9.10. The average Bonchev–Trinajstić information content (AvgIpc) is 2.45. The Bertz CT molecular complexity index is 644. The minimum Gasteiger partial charge on any atom is -0.493 e. The number of anilines is 2. The molecule has 2 aromatic rings. The molecule has 0 radical (unpaired) electrons. The summed E-state index contributed by atoms with van der Waals surface area (Å²) >= 11 is 3.43. The molecule has 21 heavy (non-hydrogen) atoms. The maximum atomic E-state index is 11.8. The van der Waals surface area contributed by atoms with Crippen LogP contribution in [0.3, 0.4) is 0 Å². The molecule has 0 unspecified atom stereocenters. The molecule has 2 aromatic carbocycles. The van der Waals surface area contributed by atoms with E-state index in [9.17, 15) is 4.79 Å². The third-order valence-electron chi connectivity index (χ3n) is 2.96. The van der Waals surface area contributed by atoms with Gasteiger partial charge in [0.1, 0.15) is 5.75 Å². The van der Waals surface area contributed by atoms with E-state index >= 15 is 0 Å². The average molecular weight is 349 g/mol. The van der Waals surface area contributed by atoms with Crippen molar-refractivity contribution in [3.05, 3.63) is 52.5 Å². The van der Waals surface area contributed by atoms with E-state index in [1.165, 1.54) is 0 Å². The number of hydrogen-bond acceptors (Lipinski definition) is 3. The van der Waals surface area contributed by atoms with E-state index in [1.54, 1.807) is 12.1 Å². The molecular formula is C16H17BrN2O2. The van der Waals surface area contributed by atoms with Gasteiger partial charge in [-0.2, -0.15) is 0 Å². The maximum absolute atomic E-state index is 11.8. The summed E-state index contributed by atoms with van der Waals surface area (Å²) in [5, 5.41) is 2.77. The van der Waals surface area contributed by atoms with Crippen LogP contribution in [-0.4, -0.2) is 12.5 Å². The van der Waals surface area contributed by atoms with Gasteiger partial charge in [0.25, 0.3) is 0 Å². The number of halogens is 1. The van der Waals surface area contributed by atoms with Crippen LogP contribution < -0.4 is 15.8 Å². The minimum atomic E-state index is -0.123. The Morgan fingerprint density at radius 2 is 2.05 bits per heavy atom. The Morgan fingerprint density at radius 1 is 1.29 bits per heavy atom. The van der Waals surface area contributed by atoms with Crippen molar-refractivity contribution in [2.24, 2.45) is 0 Å². The number of nitrogens with one attached hydrogen (secondary N) is 1. The highest BCUT2D eigenvalue weighted by Gasteiger charge is 2.05. The van der Waals surface area contributed by atoms with Crippen molar-refractivity contribution in [3.63, 3.8) is 0 Å². The van der Waals surface area contributed by atoms with E-state index in [0.29, 0.717) is 18.0 Å². The van der Waals surface area contributed by atoms with Crippen LogP contribution >= 0.6 is 15.9 Å². The van der Waals surface area contributed by atoms with Crippen molar-refractivity contribution in [2.45, 2.75) is 13.3 Å². The second kappa shape index (κ2) is 7.13. The first-order valence-corrected chi connectivity index (χ1v) is 7.39. The number of aryl methyl sites for hydroxylation is 1. The smallest absolute Gasteiger partial charge is 0.227 e. The first-order valence-electron chi connectivity index (χ1n) is 6.59. The van der Waals surface area contributed by atoms with E-state index in [2.05, 4.69) is 21.2 Å². The lowest BCUT2D eigenvalue weighted by Gasteiger charge is -2.09. The molecule has 5 heteroatoms. The molecule has 0 bridgehead atoms. The Hall–Kier alpha value is -2.01. The van der Waals surface area contributed by atoms with Gasteiger partial charge in [0.2, 0.25) is 5.91 Å². The van der Waals surface area contributed by atoms with Gasteiger partial charge < -0.3 is 15.8 Å². The van der Waals surface area contributed by atoms with Crippen molar-refractivity contribution in [3.8, 4) is 5.75 Å². The summed E-state index contributed by atoms with van der Waals surface area (Å²) in [6.45, 7) is 2.31. The first-order chi connectivity index (χ1) is 10.1. The van der Waals surface area contributed by atoms with Crippen LogP contribution in [0.2, 0.25) is 0 Å². The van der Waals surface area contributed by atoms with Crippen LogP contribution in [-0.2, 0) is 4.79 Å². The van der Waals surface area contributed by atoms with Gasteiger partial charge in [0, 0.05) is 4.47 Å². The Kier molecular flexibility index (Phi) is 5.22. The number of para-hydroxylation sites is 2. The third-order valence-corrected chi connectivity index (χ3v) is 3.85. The third kappa shape index (κ3) is 4.49. The van der Waals surface area contributed by atoms with E-state index in [-0.39, 0.29) is 12.3 Å². The molecule has 0 aliphatic carbocycles. The molecule has 0 spiro atoms. The summed E-state index contributed by atoms with van der Waals surface area (Å²) in [5.74, 6) is 0.629. The van der Waals surface area contributed by atoms with Crippen LogP contribution in [0.25, 0.3) is 0 Å². The van der Waals surface area contributed by atoms with Crippen molar-refractivity contribution in [2.75, 3.05) is 17.7 Å². The number of carbonyl (C=O) groups is 1. The van der Waals surface area contributed by atoms with Gasteiger partial charge in [0.15, 0.2) is 0 Å². The largest absolute Gasteiger partial charge is 0.493 e. The molecule has 0 aliphatic rings. The van der Waals surface area contributed by atoms with Gasteiger partial charge in [-0.05, 0) is 42.8 Å². The lowest BCUT2D eigenvalue weighted by Crippen LogP contribution is -2.16. The van der Waals surface area contributed by atoms with E-state index < -0.39 is 0 Å². The number of rotatable bonds is 5. The molecule has 3 N–H and O–H groups in total. The molecule has 1 amide bonds. The molecule has 0 atom stereocenters. The Morgan fingerprint density at radius 3 is 2.76 bits per heavy atom. The second-order valence-corrected chi connectivity index (χ2v) is 5.50. The SMILES string of the molecule is Cc1cc(OCCC(=O)Nc2ccccc2N)ccc1Br. The fraction of sp³-hybridized carbons (Fsp3) is 0.188. The molecule has 0 saturated carbocycles. The molecule has 2 rings (SSSR count). The predicted molar refractivity (Wildman–Crippen MR) is 88.5 cm³/mol. The van der Waals surface area contributed by atoms with E-state index in [4.69, 9.17) is 10.5 Å². The van der Waals surface area contributed by atoms with E-state index in [0.717, 1.165) is 15.8 Å². The van der Waals surface area contributed by atoms with E-state index in [1.807, 2.05) is 37.3 Å². The molecule has 4 nitrogen and oxygen atoms in total. The van der Waals surface area contributed by atoms with Crippen molar-refractivity contribution >= 4 is 33.2 Å². The summed E-state index contributed by atoms with van der Waals surface area (Å²) in [4.78, 5) is 11.8. The Balaban J connectivity index is 1.82. The molecule has 0 fully saturated rings. The minimum absolute atomic E-state index is 0.123. The lowest BCUT2D eigenvalue weighted by molar-refractivity contribution is -0.116. The fourth-order valence-electron chi connectivity index (χ4n) is 1.79. The summed E-state index contributed by atoms with van der Waals surface area (Å²) in [5.41, 5.74) is 8.04. The van der Waals surface area contributed by atoms with Gasteiger partial charge >= 0.3 is 0 Å². The number of ether oxygens (including phenoxy) is 1. The van der Waals surface area contributed by atoms with Crippen LogP contribution in [0, 0.1) is 6.92 Å². The molecule has 0 saturated heterocycles. The normalized spacial score (nSPS) is 10.2. The first kappa shape index (κ1) is 15.4. The van der Waals surface area contributed by atoms with Crippen LogP contribution in [0.1, 0.15) is 12.0 Å². The zero-order chi connectivity index (χ0) is 15.2. The summed E-state index contributed by atoms with van der Waals surface area (Å²) in [7, 11) is 0. The highest BCUT2D eigenvalue weighted by Crippen LogP contribution is 2.21. The molecule has 0 aromatic heterocycles. The van der Waals surface area contributed by atoms with Gasteiger partial charge in [-0.3, -0.25) is 4.79 Å². The topological polar surface area (TPSA) is 64.3 Å². The molecule has 110 valence electrons. The number of hydrogen-bond donors (Lipinski definition) is 2. The molecular weight excluding hydrogens is 332 g/mol. The summed E-state index contributed by atoms with van der Waals surface area (Å²) < 4.78 is 6.60. The zero-order valence-electron chi connectivity index (χ0n) is 11.7. The van der Waals surface area contributed by atoms with Gasteiger partial charge in [-0.1, -0.05) is 28.1 Å². The second-order valence-electron chi connectivity index (χ2n) is 4.64. The maximum Gasteiger partial charge on any atom is 0.227 e. The highest BCUT2D eigenvalue weighted by atomic mass is 79.9. The number of nitrogen functional groups attached to an aromatic ring is 1. The molecule has 0 aliphatic heterocycles. The Labute approximate surface area is 132 Å². The zero-order valence-corrected chi connectivity index (χ0v) is 13.3. The standard InChI is InChI=1S/C16H17BrN2O2/c1-11-10-12(6-7-13(11)17)21-9-8-16(20)19-15-5-3-2-4-14(15)18/h2-7,10H,8-9,18H2,1H3,(H,19,20). The number of nitrogens with two attached hydrogens (primary N) is 1.